The second-order valence-corrected chi connectivity index (χ2v) is 4.34. The highest BCUT2D eigenvalue weighted by Crippen LogP contribution is 2.46. The van der Waals surface area contributed by atoms with E-state index in [4.69, 9.17) is 0 Å². The molecule has 2 aliphatic rings. The van der Waals surface area contributed by atoms with Crippen LogP contribution in [0.25, 0.3) is 0 Å². The molecule has 1 heteroatoms. The molecule has 70 valence electrons. The fourth-order valence-corrected chi connectivity index (χ4v) is 2.47. The second kappa shape index (κ2) is 2.83. The van der Waals surface area contributed by atoms with Gasteiger partial charge in [0.15, 0.2) is 0 Å². The third-order valence-corrected chi connectivity index (χ3v) is 3.70. The van der Waals surface area contributed by atoms with Crippen LogP contribution < -0.4 is 0 Å². The molecule has 13 heavy (non-hydrogen) atoms. The van der Waals surface area contributed by atoms with E-state index in [0.717, 1.165) is 19.3 Å². The average Bonchev–Trinajstić information content (AvgIpc) is 2.10. The molecule has 0 N–H and O–H groups in total. The maximum atomic E-state index is 11.9. The minimum Gasteiger partial charge on any atom is -0.299 e. The van der Waals surface area contributed by atoms with E-state index in [1.807, 2.05) is 0 Å². The second-order valence-electron chi connectivity index (χ2n) is 4.34. The number of fused-ring (bicyclic) bond motifs is 1. The Hall–Kier alpha value is -0.850. The molecule has 0 aliphatic heterocycles. The normalized spacial score (nSPS) is 38.5. The third kappa shape index (κ3) is 1.10. The lowest BCUT2D eigenvalue weighted by atomic mass is 9.62. The van der Waals surface area contributed by atoms with Crippen molar-refractivity contribution in [2.45, 2.75) is 33.1 Å². The summed E-state index contributed by atoms with van der Waals surface area (Å²) < 4.78 is 0. The lowest BCUT2D eigenvalue weighted by Gasteiger charge is -2.40. The van der Waals surface area contributed by atoms with E-state index in [2.05, 4.69) is 32.1 Å². The van der Waals surface area contributed by atoms with Gasteiger partial charge >= 0.3 is 0 Å². The first-order valence-electron chi connectivity index (χ1n) is 5.07. The summed E-state index contributed by atoms with van der Waals surface area (Å²) in [5.74, 6) is 0.808. The fourth-order valence-electron chi connectivity index (χ4n) is 2.47. The zero-order chi connectivity index (χ0) is 9.47. The van der Waals surface area contributed by atoms with Gasteiger partial charge in [-0.15, -0.1) is 0 Å². The van der Waals surface area contributed by atoms with Crippen LogP contribution in [0.4, 0.5) is 0 Å². The predicted octanol–water partition coefficient (Wildman–Crippen LogP) is 2.88. The Morgan fingerprint density at radius 1 is 1.46 bits per heavy atom. The summed E-state index contributed by atoms with van der Waals surface area (Å²) in [6, 6.07) is 0. The van der Waals surface area contributed by atoms with Gasteiger partial charge in [-0.1, -0.05) is 30.7 Å². The summed E-state index contributed by atoms with van der Waals surface area (Å²) in [6.07, 6.45) is 9.30. The van der Waals surface area contributed by atoms with Crippen LogP contribution >= 0.6 is 0 Å². The Bertz CT molecular complexity index is 298. The van der Waals surface area contributed by atoms with E-state index in [9.17, 15) is 4.79 Å². The van der Waals surface area contributed by atoms with E-state index in [1.165, 1.54) is 5.57 Å². The van der Waals surface area contributed by atoms with Crippen molar-refractivity contribution in [1.29, 1.82) is 0 Å². The number of allylic oxidation sites excluding steroid dienone is 4. The topological polar surface area (TPSA) is 17.1 Å². The van der Waals surface area contributed by atoms with Gasteiger partial charge in [0.25, 0.3) is 0 Å². The van der Waals surface area contributed by atoms with Gasteiger partial charge in [-0.05, 0) is 25.7 Å². The number of carbonyl (C=O) groups is 1. The van der Waals surface area contributed by atoms with Crippen LogP contribution in [0.5, 0.6) is 0 Å². The van der Waals surface area contributed by atoms with E-state index in [1.54, 1.807) is 0 Å². The van der Waals surface area contributed by atoms with Crippen molar-refractivity contribution >= 4 is 5.78 Å². The molecular formula is C12H16O. The van der Waals surface area contributed by atoms with Gasteiger partial charge in [-0.2, -0.15) is 0 Å². The summed E-state index contributed by atoms with van der Waals surface area (Å²) in [5, 5.41) is 0. The molecule has 0 radical (unpaired) electrons. The van der Waals surface area contributed by atoms with Crippen LogP contribution in [0, 0.1) is 11.3 Å². The van der Waals surface area contributed by atoms with Crippen molar-refractivity contribution in [2.24, 2.45) is 11.3 Å². The van der Waals surface area contributed by atoms with Gasteiger partial charge in [0.2, 0.25) is 0 Å². The maximum absolute atomic E-state index is 11.9. The predicted molar refractivity (Wildman–Crippen MR) is 53.4 cm³/mol. The molecule has 2 atom stereocenters. The highest BCUT2D eigenvalue weighted by molar-refractivity contribution is 5.89. The molecular weight excluding hydrogens is 160 g/mol. The minimum absolute atomic E-state index is 0.174. The molecule has 0 saturated heterocycles. The molecule has 1 saturated carbocycles. The molecule has 2 aliphatic carbocycles. The Morgan fingerprint density at radius 2 is 2.23 bits per heavy atom. The van der Waals surface area contributed by atoms with E-state index < -0.39 is 0 Å². The van der Waals surface area contributed by atoms with Crippen molar-refractivity contribution in [3.63, 3.8) is 0 Å². The van der Waals surface area contributed by atoms with Gasteiger partial charge in [0, 0.05) is 6.42 Å². The molecule has 0 amide bonds. The largest absolute Gasteiger partial charge is 0.299 e. The van der Waals surface area contributed by atoms with E-state index in [-0.39, 0.29) is 5.41 Å². The van der Waals surface area contributed by atoms with Gasteiger partial charge < -0.3 is 0 Å². The first-order chi connectivity index (χ1) is 6.15. The van der Waals surface area contributed by atoms with Crippen LogP contribution in [-0.2, 0) is 4.79 Å². The van der Waals surface area contributed by atoms with Crippen molar-refractivity contribution in [3.8, 4) is 0 Å². The Morgan fingerprint density at radius 3 is 2.92 bits per heavy atom. The fraction of sp³-hybridized carbons (Fsp3) is 0.583. The Labute approximate surface area is 79.5 Å². The number of ketones is 1. The molecule has 0 aromatic carbocycles. The zero-order valence-corrected chi connectivity index (χ0v) is 8.34. The summed E-state index contributed by atoms with van der Waals surface area (Å²) in [6.45, 7) is 4.25. The third-order valence-electron chi connectivity index (χ3n) is 3.70. The van der Waals surface area contributed by atoms with Crippen molar-refractivity contribution in [3.05, 3.63) is 23.8 Å². The van der Waals surface area contributed by atoms with Crippen molar-refractivity contribution < 1.29 is 4.79 Å². The molecule has 0 aromatic rings. The summed E-state index contributed by atoms with van der Waals surface area (Å²) in [7, 11) is 0. The molecule has 0 aromatic heterocycles. The quantitative estimate of drug-likeness (QED) is 0.554. The van der Waals surface area contributed by atoms with Gasteiger partial charge in [-0.25, -0.2) is 0 Å². The van der Waals surface area contributed by atoms with Crippen LogP contribution in [0.15, 0.2) is 23.8 Å². The van der Waals surface area contributed by atoms with Crippen LogP contribution in [0.3, 0.4) is 0 Å². The first kappa shape index (κ1) is 8.74. The highest BCUT2D eigenvalue weighted by Gasteiger charge is 2.43. The zero-order valence-electron chi connectivity index (χ0n) is 8.34. The average molecular weight is 176 g/mol. The SMILES string of the molecule is CC1C=CC=C2CCCC(=O)C21C. The molecule has 2 unspecified atom stereocenters. The summed E-state index contributed by atoms with van der Waals surface area (Å²) >= 11 is 0. The number of Topliss-reactive ketones (excluding diaryl/α,β-unsaturated/α-hetero) is 1. The molecule has 1 nitrogen and oxygen atoms in total. The lowest BCUT2D eigenvalue weighted by Crippen LogP contribution is -2.39. The molecule has 1 fully saturated rings. The van der Waals surface area contributed by atoms with Gasteiger partial charge in [0.05, 0.1) is 5.41 Å². The molecule has 2 rings (SSSR count). The summed E-state index contributed by atoms with van der Waals surface area (Å²) in [5.41, 5.74) is 1.17. The van der Waals surface area contributed by atoms with Crippen molar-refractivity contribution in [2.75, 3.05) is 0 Å². The molecule has 0 bridgehead atoms. The maximum Gasteiger partial charge on any atom is 0.143 e. The Kier molecular flexibility index (Phi) is 1.90. The number of rotatable bonds is 0. The molecule has 0 heterocycles. The number of hydrogen-bond acceptors (Lipinski definition) is 1. The van der Waals surface area contributed by atoms with Crippen molar-refractivity contribution in [1.82, 2.24) is 0 Å². The highest BCUT2D eigenvalue weighted by atomic mass is 16.1. The first-order valence-corrected chi connectivity index (χ1v) is 5.07. The van der Waals surface area contributed by atoms with E-state index in [0.29, 0.717) is 11.7 Å². The summed E-state index contributed by atoms with van der Waals surface area (Å²) in [4.78, 5) is 11.9. The van der Waals surface area contributed by atoms with Crippen LogP contribution in [-0.4, -0.2) is 5.78 Å². The number of carbonyl (C=O) groups excluding carboxylic acids is 1. The lowest BCUT2D eigenvalue weighted by molar-refractivity contribution is -0.129. The number of hydrogen-bond donors (Lipinski definition) is 0. The molecule has 0 spiro atoms. The van der Waals surface area contributed by atoms with E-state index >= 15 is 0 Å². The van der Waals surface area contributed by atoms with Crippen LogP contribution in [0.1, 0.15) is 33.1 Å². The monoisotopic (exact) mass is 176 g/mol. The standard InChI is InChI=1S/C12H16O/c1-9-5-3-6-10-7-4-8-11(13)12(9,10)2/h3,5-6,9H,4,7-8H2,1-2H3. The van der Waals surface area contributed by atoms with Gasteiger partial charge in [-0.3, -0.25) is 4.79 Å². The minimum atomic E-state index is -0.174. The van der Waals surface area contributed by atoms with Gasteiger partial charge in [0.1, 0.15) is 5.78 Å². The van der Waals surface area contributed by atoms with Crippen LogP contribution in [0.2, 0.25) is 0 Å². The Balaban J connectivity index is 2.44. The smallest absolute Gasteiger partial charge is 0.143 e.